The van der Waals surface area contributed by atoms with Crippen LogP contribution in [0.5, 0.6) is 0 Å². The quantitative estimate of drug-likeness (QED) is 0.635. The summed E-state index contributed by atoms with van der Waals surface area (Å²) in [5.41, 5.74) is 1.58. The summed E-state index contributed by atoms with van der Waals surface area (Å²) in [5.74, 6) is 0. The molecule has 0 aromatic heterocycles. The number of hydrogen-bond donors (Lipinski definition) is 0. The van der Waals surface area contributed by atoms with Gasteiger partial charge in [-0.2, -0.15) is 10.5 Å². The summed E-state index contributed by atoms with van der Waals surface area (Å²) in [6.45, 7) is 0. The number of nitro groups is 1. The Morgan fingerprint density at radius 1 is 1.10 bits per heavy atom. The molecule has 0 amide bonds. The molecule has 0 aliphatic carbocycles. The maximum Gasteiger partial charge on any atom is 0.289 e. The summed E-state index contributed by atoms with van der Waals surface area (Å²) in [6.07, 6.45) is 0. The molecule has 0 bridgehead atoms. The minimum Gasteiger partial charge on any atom is -0.344 e. The largest absolute Gasteiger partial charge is 0.344 e. The molecule has 2 aromatic rings. The van der Waals surface area contributed by atoms with Crippen molar-refractivity contribution in [3.63, 3.8) is 0 Å². The van der Waals surface area contributed by atoms with E-state index in [1.165, 1.54) is 12.1 Å². The zero-order valence-corrected chi connectivity index (χ0v) is 11.1. The summed E-state index contributed by atoms with van der Waals surface area (Å²) in [5, 5.41) is 28.8. The van der Waals surface area contributed by atoms with Gasteiger partial charge in [-0.05, 0) is 30.3 Å². The van der Waals surface area contributed by atoms with Crippen LogP contribution < -0.4 is 4.90 Å². The second-order valence-corrected chi connectivity index (χ2v) is 4.29. The van der Waals surface area contributed by atoms with Crippen molar-refractivity contribution in [2.45, 2.75) is 0 Å². The minimum absolute atomic E-state index is 0.0166. The smallest absolute Gasteiger partial charge is 0.289 e. The number of rotatable bonds is 3. The van der Waals surface area contributed by atoms with Gasteiger partial charge in [0.15, 0.2) is 0 Å². The number of nitro benzene ring substituents is 1. The van der Waals surface area contributed by atoms with Gasteiger partial charge >= 0.3 is 0 Å². The molecule has 6 heteroatoms. The summed E-state index contributed by atoms with van der Waals surface area (Å²) >= 11 is 0. The number of anilines is 2. The molecule has 102 valence electrons. The van der Waals surface area contributed by atoms with Gasteiger partial charge in [-0.3, -0.25) is 10.1 Å². The van der Waals surface area contributed by atoms with Crippen molar-refractivity contribution in [3.05, 3.63) is 63.7 Å². The van der Waals surface area contributed by atoms with E-state index >= 15 is 0 Å². The van der Waals surface area contributed by atoms with Crippen LogP contribution in [0, 0.1) is 32.8 Å². The molecule has 0 fully saturated rings. The first-order valence-electron chi connectivity index (χ1n) is 5.99. The molecule has 2 rings (SSSR count). The maximum atomic E-state index is 11.0. The molecule has 6 nitrogen and oxygen atoms in total. The van der Waals surface area contributed by atoms with Crippen LogP contribution in [0.2, 0.25) is 0 Å². The highest BCUT2D eigenvalue weighted by molar-refractivity contribution is 5.68. The second-order valence-electron chi connectivity index (χ2n) is 4.29. The lowest BCUT2D eigenvalue weighted by Crippen LogP contribution is -2.10. The lowest BCUT2D eigenvalue weighted by atomic mass is 10.1. The Morgan fingerprint density at radius 3 is 2.43 bits per heavy atom. The topological polar surface area (TPSA) is 94.0 Å². The Hall–Kier alpha value is -3.38. The molecule has 0 aliphatic rings. The van der Waals surface area contributed by atoms with Gasteiger partial charge in [-0.1, -0.05) is 6.07 Å². The van der Waals surface area contributed by atoms with E-state index in [4.69, 9.17) is 10.5 Å². The zero-order valence-electron chi connectivity index (χ0n) is 11.1. The molecule has 21 heavy (non-hydrogen) atoms. The Morgan fingerprint density at radius 2 is 1.81 bits per heavy atom. The molecule has 0 N–H and O–H groups in total. The summed E-state index contributed by atoms with van der Waals surface area (Å²) < 4.78 is 0. The van der Waals surface area contributed by atoms with Crippen molar-refractivity contribution < 1.29 is 4.92 Å². The monoisotopic (exact) mass is 278 g/mol. The van der Waals surface area contributed by atoms with E-state index in [-0.39, 0.29) is 11.3 Å². The average molecular weight is 278 g/mol. The number of nitriles is 2. The summed E-state index contributed by atoms with van der Waals surface area (Å²) in [4.78, 5) is 12.1. The molecule has 0 atom stereocenters. The van der Waals surface area contributed by atoms with E-state index in [2.05, 4.69) is 0 Å². The fourth-order valence-electron chi connectivity index (χ4n) is 1.91. The number of nitrogens with zero attached hydrogens (tertiary/aromatic N) is 4. The van der Waals surface area contributed by atoms with E-state index in [0.29, 0.717) is 11.3 Å². The van der Waals surface area contributed by atoms with Gasteiger partial charge in [0.05, 0.1) is 16.6 Å². The third kappa shape index (κ3) is 2.80. The van der Waals surface area contributed by atoms with Crippen molar-refractivity contribution in [1.82, 2.24) is 0 Å². The van der Waals surface area contributed by atoms with Crippen LogP contribution in [0.4, 0.5) is 17.1 Å². The van der Waals surface area contributed by atoms with Crippen LogP contribution in [-0.4, -0.2) is 12.0 Å². The molecule has 0 heterocycles. The molecular weight excluding hydrogens is 268 g/mol. The van der Waals surface area contributed by atoms with Gasteiger partial charge in [0.25, 0.3) is 5.69 Å². The molecule has 2 aromatic carbocycles. The van der Waals surface area contributed by atoms with Gasteiger partial charge in [0.2, 0.25) is 0 Å². The Kier molecular flexibility index (Phi) is 3.83. The van der Waals surface area contributed by atoms with Gasteiger partial charge in [-0.15, -0.1) is 0 Å². The molecular formula is C15H10N4O2. The normalized spacial score (nSPS) is 9.48. The predicted molar refractivity (Wildman–Crippen MR) is 77.0 cm³/mol. The van der Waals surface area contributed by atoms with E-state index in [0.717, 1.165) is 5.69 Å². The first kappa shape index (κ1) is 14.0. The Labute approximate surface area is 121 Å². The lowest BCUT2D eigenvalue weighted by Gasteiger charge is -2.19. The third-order valence-electron chi connectivity index (χ3n) is 3.05. The van der Waals surface area contributed by atoms with Crippen molar-refractivity contribution in [1.29, 1.82) is 10.5 Å². The SMILES string of the molecule is CN(c1cccc(C#N)c1)c1ccc(C#N)c([N+](=O)[O-])c1. The molecule has 0 unspecified atom stereocenters. The van der Waals surface area contributed by atoms with E-state index in [1.807, 2.05) is 6.07 Å². The van der Waals surface area contributed by atoms with Gasteiger partial charge < -0.3 is 4.90 Å². The number of hydrogen-bond acceptors (Lipinski definition) is 5. The van der Waals surface area contributed by atoms with E-state index in [9.17, 15) is 10.1 Å². The third-order valence-corrected chi connectivity index (χ3v) is 3.05. The average Bonchev–Trinajstić information content (AvgIpc) is 2.53. The molecule has 0 radical (unpaired) electrons. The van der Waals surface area contributed by atoms with Gasteiger partial charge in [0.1, 0.15) is 11.6 Å². The highest BCUT2D eigenvalue weighted by Crippen LogP contribution is 2.29. The van der Waals surface area contributed by atoms with Crippen molar-refractivity contribution in [2.24, 2.45) is 0 Å². The van der Waals surface area contributed by atoms with Crippen molar-refractivity contribution >= 4 is 17.1 Å². The molecule has 0 aliphatic heterocycles. The fraction of sp³-hybridized carbons (Fsp3) is 0.0667. The highest BCUT2D eigenvalue weighted by Gasteiger charge is 2.16. The van der Waals surface area contributed by atoms with Crippen LogP contribution in [-0.2, 0) is 0 Å². The second kappa shape index (κ2) is 5.72. The van der Waals surface area contributed by atoms with Crippen LogP contribution in [0.1, 0.15) is 11.1 Å². The molecule has 0 spiro atoms. The van der Waals surface area contributed by atoms with Crippen molar-refractivity contribution in [3.8, 4) is 12.1 Å². The Bertz CT molecular complexity index is 787. The first-order chi connectivity index (χ1) is 10.1. The van der Waals surface area contributed by atoms with Crippen molar-refractivity contribution in [2.75, 3.05) is 11.9 Å². The van der Waals surface area contributed by atoms with E-state index in [1.54, 1.807) is 48.3 Å². The van der Waals surface area contributed by atoms with Crippen LogP contribution >= 0.6 is 0 Å². The number of benzene rings is 2. The standard InChI is InChI=1S/C15H10N4O2/c1-18(13-4-2-3-11(7-13)9-16)14-6-5-12(10-17)15(8-14)19(20)21/h2-8H,1H3. The van der Waals surface area contributed by atoms with E-state index < -0.39 is 4.92 Å². The minimum atomic E-state index is -0.582. The summed E-state index contributed by atoms with van der Waals surface area (Å²) in [6, 6.07) is 15.1. The van der Waals surface area contributed by atoms with Crippen LogP contribution in [0.25, 0.3) is 0 Å². The lowest BCUT2D eigenvalue weighted by molar-refractivity contribution is -0.385. The van der Waals surface area contributed by atoms with Gasteiger partial charge in [0, 0.05) is 24.5 Å². The Balaban J connectivity index is 2.47. The van der Waals surface area contributed by atoms with Gasteiger partial charge in [-0.25, -0.2) is 0 Å². The molecule has 0 saturated heterocycles. The van der Waals surface area contributed by atoms with Crippen LogP contribution in [0.3, 0.4) is 0 Å². The maximum absolute atomic E-state index is 11.0. The molecule has 0 saturated carbocycles. The zero-order chi connectivity index (χ0) is 15.4. The predicted octanol–water partition coefficient (Wildman–Crippen LogP) is 3.11. The fourth-order valence-corrected chi connectivity index (χ4v) is 1.91. The van der Waals surface area contributed by atoms with Crippen LogP contribution in [0.15, 0.2) is 42.5 Å². The summed E-state index contributed by atoms with van der Waals surface area (Å²) in [7, 11) is 1.74. The first-order valence-corrected chi connectivity index (χ1v) is 5.99. The highest BCUT2D eigenvalue weighted by atomic mass is 16.6.